The van der Waals surface area contributed by atoms with E-state index in [2.05, 4.69) is 6.92 Å². The Balaban J connectivity index is 2.21. The van der Waals surface area contributed by atoms with Gasteiger partial charge >= 0.3 is 6.03 Å². The number of benzene rings is 1. The number of hydrogen-bond acceptors (Lipinski definition) is 3. The summed E-state index contributed by atoms with van der Waals surface area (Å²) < 4.78 is 13.3. The standard InChI is InChI=1S/C19H25FN2O3/c1-5-6-8-13(2)19(3)17(24)22(18(25)21(19)4)12-16(23)14-9-7-10-15(20)11-14/h7,9-11,13H,5-6,8,12H2,1-4H3. The lowest BCUT2D eigenvalue weighted by Gasteiger charge is -2.34. The minimum Gasteiger partial charge on any atom is -0.313 e. The van der Waals surface area contributed by atoms with Crippen LogP contribution in [0.25, 0.3) is 0 Å². The molecule has 1 aliphatic heterocycles. The molecule has 1 aromatic rings. The van der Waals surface area contributed by atoms with Crippen LogP contribution in [0.4, 0.5) is 9.18 Å². The van der Waals surface area contributed by atoms with Crippen LogP contribution >= 0.6 is 0 Å². The smallest absolute Gasteiger partial charge is 0.313 e. The number of carbonyl (C=O) groups is 3. The second kappa shape index (κ2) is 7.33. The third kappa shape index (κ3) is 3.43. The highest BCUT2D eigenvalue weighted by molar-refractivity contribution is 6.11. The fourth-order valence-corrected chi connectivity index (χ4v) is 3.25. The SMILES string of the molecule is CCCCC(C)C1(C)C(=O)N(CC(=O)c2cccc(F)c2)C(=O)N1C. The zero-order chi connectivity index (χ0) is 18.8. The van der Waals surface area contributed by atoms with Crippen LogP contribution in [0, 0.1) is 11.7 Å². The van der Waals surface area contributed by atoms with Gasteiger partial charge in [0.2, 0.25) is 0 Å². The predicted molar refractivity (Wildman–Crippen MR) is 92.7 cm³/mol. The molecule has 1 fully saturated rings. The van der Waals surface area contributed by atoms with Gasteiger partial charge in [0.15, 0.2) is 5.78 Å². The zero-order valence-corrected chi connectivity index (χ0v) is 15.2. The maximum Gasteiger partial charge on any atom is 0.327 e. The van der Waals surface area contributed by atoms with Crippen LogP contribution in [-0.4, -0.2) is 46.7 Å². The van der Waals surface area contributed by atoms with E-state index >= 15 is 0 Å². The van der Waals surface area contributed by atoms with E-state index < -0.39 is 23.2 Å². The van der Waals surface area contributed by atoms with E-state index in [-0.39, 0.29) is 23.9 Å². The summed E-state index contributed by atoms with van der Waals surface area (Å²) in [5.41, 5.74) is -0.815. The fourth-order valence-electron chi connectivity index (χ4n) is 3.25. The van der Waals surface area contributed by atoms with Crippen molar-refractivity contribution in [3.63, 3.8) is 0 Å². The summed E-state index contributed by atoms with van der Waals surface area (Å²) in [6.45, 7) is 5.40. The lowest BCUT2D eigenvalue weighted by Crippen LogP contribution is -2.50. The Hall–Kier alpha value is -2.24. The number of halogens is 1. The first-order chi connectivity index (χ1) is 11.7. The highest BCUT2D eigenvalue weighted by Crippen LogP contribution is 2.35. The number of unbranched alkanes of at least 4 members (excludes halogenated alkanes) is 1. The molecule has 0 saturated carbocycles. The van der Waals surface area contributed by atoms with Crippen molar-refractivity contribution in [3.05, 3.63) is 35.6 Å². The maximum atomic E-state index is 13.3. The van der Waals surface area contributed by atoms with E-state index in [0.717, 1.165) is 30.2 Å². The molecule has 2 unspecified atom stereocenters. The first-order valence-corrected chi connectivity index (χ1v) is 8.62. The molecule has 0 aromatic heterocycles. The van der Waals surface area contributed by atoms with Crippen LogP contribution in [0.5, 0.6) is 0 Å². The van der Waals surface area contributed by atoms with E-state index in [1.165, 1.54) is 23.1 Å². The minimum atomic E-state index is -0.964. The number of hydrogen-bond donors (Lipinski definition) is 0. The van der Waals surface area contributed by atoms with Gasteiger partial charge in [-0.05, 0) is 31.4 Å². The Labute approximate surface area is 147 Å². The summed E-state index contributed by atoms with van der Waals surface area (Å²) in [4.78, 5) is 40.3. The highest BCUT2D eigenvalue weighted by Gasteiger charge is 2.55. The monoisotopic (exact) mass is 348 g/mol. The molecule has 6 heteroatoms. The maximum absolute atomic E-state index is 13.3. The molecular formula is C19H25FN2O3. The summed E-state index contributed by atoms with van der Waals surface area (Å²) in [7, 11) is 1.59. The zero-order valence-electron chi connectivity index (χ0n) is 15.2. The fraction of sp³-hybridized carbons (Fsp3) is 0.526. The van der Waals surface area contributed by atoms with Gasteiger partial charge in [-0.15, -0.1) is 0 Å². The molecule has 0 bridgehead atoms. The lowest BCUT2D eigenvalue weighted by molar-refractivity contribution is -0.134. The van der Waals surface area contributed by atoms with Crippen molar-refractivity contribution < 1.29 is 18.8 Å². The average Bonchev–Trinajstić information content (AvgIpc) is 2.75. The quantitative estimate of drug-likeness (QED) is 0.560. The molecule has 2 rings (SSSR count). The van der Waals surface area contributed by atoms with E-state index in [4.69, 9.17) is 0 Å². The summed E-state index contributed by atoms with van der Waals surface area (Å²) in [6, 6.07) is 4.77. The predicted octanol–water partition coefficient (Wildman–Crippen LogP) is 3.49. The third-order valence-electron chi connectivity index (χ3n) is 5.29. The van der Waals surface area contributed by atoms with Crippen molar-refractivity contribution in [3.8, 4) is 0 Å². The van der Waals surface area contributed by atoms with E-state index in [1.807, 2.05) is 6.92 Å². The average molecular weight is 348 g/mol. The Morgan fingerprint density at radius 1 is 1.32 bits per heavy atom. The van der Waals surface area contributed by atoms with Crippen molar-refractivity contribution >= 4 is 17.7 Å². The van der Waals surface area contributed by atoms with E-state index in [1.54, 1.807) is 14.0 Å². The first-order valence-electron chi connectivity index (χ1n) is 8.62. The van der Waals surface area contributed by atoms with Crippen LogP contribution in [0.2, 0.25) is 0 Å². The van der Waals surface area contributed by atoms with E-state index in [9.17, 15) is 18.8 Å². The number of rotatable bonds is 7. The van der Waals surface area contributed by atoms with Gasteiger partial charge in [-0.25, -0.2) is 9.18 Å². The second-order valence-electron chi connectivity index (χ2n) is 6.86. The molecule has 2 atom stereocenters. The molecular weight excluding hydrogens is 323 g/mol. The molecule has 5 nitrogen and oxygen atoms in total. The van der Waals surface area contributed by atoms with Gasteiger partial charge in [0.25, 0.3) is 5.91 Å². The van der Waals surface area contributed by atoms with Gasteiger partial charge in [0, 0.05) is 12.6 Å². The van der Waals surface area contributed by atoms with Crippen LogP contribution < -0.4 is 0 Å². The van der Waals surface area contributed by atoms with Gasteiger partial charge in [0.1, 0.15) is 11.4 Å². The molecule has 1 aromatic carbocycles. The van der Waals surface area contributed by atoms with Gasteiger partial charge in [-0.3, -0.25) is 14.5 Å². The highest BCUT2D eigenvalue weighted by atomic mass is 19.1. The third-order valence-corrected chi connectivity index (χ3v) is 5.29. The van der Waals surface area contributed by atoms with Crippen LogP contribution in [-0.2, 0) is 4.79 Å². The van der Waals surface area contributed by atoms with Crippen molar-refractivity contribution in [2.45, 2.75) is 45.6 Å². The van der Waals surface area contributed by atoms with Gasteiger partial charge in [-0.2, -0.15) is 0 Å². The molecule has 1 heterocycles. The molecule has 25 heavy (non-hydrogen) atoms. The molecule has 0 spiro atoms. The molecule has 0 radical (unpaired) electrons. The van der Waals surface area contributed by atoms with Gasteiger partial charge in [-0.1, -0.05) is 38.8 Å². The number of imide groups is 1. The van der Waals surface area contributed by atoms with Crippen molar-refractivity contribution in [2.24, 2.45) is 5.92 Å². The molecule has 136 valence electrons. The summed E-state index contributed by atoms with van der Waals surface area (Å²) >= 11 is 0. The summed E-state index contributed by atoms with van der Waals surface area (Å²) in [5.74, 6) is -1.38. The molecule has 1 aliphatic rings. The number of carbonyl (C=O) groups excluding carboxylic acids is 3. The summed E-state index contributed by atoms with van der Waals surface area (Å²) in [6.07, 6.45) is 2.80. The van der Waals surface area contributed by atoms with E-state index in [0.29, 0.717) is 0 Å². The Morgan fingerprint density at radius 2 is 2.00 bits per heavy atom. The topological polar surface area (TPSA) is 57.7 Å². The van der Waals surface area contributed by atoms with Crippen LogP contribution in [0.1, 0.15) is 50.4 Å². The number of amides is 3. The Bertz CT molecular complexity index is 691. The Kier molecular flexibility index (Phi) is 5.60. The normalized spacial score (nSPS) is 21.8. The molecule has 0 aliphatic carbocycles. The van der Waals surface area contributed by atoms with Gasteiger partial charge in [0.05, 0.1) is 6.54 Å². The largest absolute Gasteiger partial charge is 0.327 e. The van der Waals surface area contributed by atoms with Gasteiger partial charge < -0.3 is 4.90 Å². The van der Waals surface area contributed by atoms with Crippen molar-refractivity contribution in [1.29, 1.82) is 0 Å². The number of Topliss-reactive ketones (excluding diaryl/α,β-unsaturated/α-hetero) is 1. The minimum absolute atomic E-state index is 0.0248. The number of likely N-dealkylation sites (N-methyl/N-ethyl adjacent to an activating group) is 1. The molecule has 0 N–H and O–H groups in total. The van der Waals surface area contributed by atoms with Crippen molar-refractivity contribution in [2.75, 3.05) is 13.6 Å². The Morgan fingerprint density at radius 3 is 2.60 bits per heavy atom. The summed E-state index contributed by atoms with van der Waals surface area (Å²) in [5, 5.41) is 0. The first kappa shape index (κ1) is 19.1. The number of urea groups is 1. The molecule has 3 amide bonds. The number of ketones is 1. The van der Waals surface area contributed by atoms with Crippen molar-refractivity contribution in [1.82, 2.24) is 9.80 Å². The number of nitrogens with zero attached hydrogens (tertiary/aromatic N) is 2. The van der Waals surface area contributed by atoms with Crippen LogP contribution in [0.3, 0.4) is 0 Å². The van der Waals surface area contributed by atoms with Crippen LogP contribution in [0.15, 0.2) is 24.3 Å². The molecule has 1 saturated heterocycles. The lowest BCUT2D eigenvalue weighted by atomic mass is 9.82. The second-order valence-corrected chi connectivity index (χ2v) is 6.86.